The highest BCUT2D eigenvalue weighted by molar-refractivity contribution is 5.76. The largest absolute Gasteiger partial charge is 0.507 e. The average molecular weight is 373 g/mol. The van der Waals surface area contributed by atoms with Gasteiger partial charge in [0.25, 0.3) is 0 Å². The Bertz CT molecular complexity index is 941. The van der Waals surface area contributed by atoms with Crippen LogP contribution in [0.1, 0.15) is 56.7 Å². The number of hydrogen-bond donors (Lipinski definition) is 1. The first-order valence-corrected chi connectivity index (χ1v) is 10.6. The first-order valence-electron chi connectivity index (χ1n) is 10.6. The van der Waals surface area contributed by atoms with Gasteiger partial charge in [-0.2, -0.15) is 0 Å². The standard InChI is InChI=1S/C27H32O/c1-17-14-23(26(28)24(15-17)27(3,4)5)21-12-8-9-13-22(21)25-18(2)16-19-10-6-7-11-20(19)25/h6-15,18-20,25,28H,16H2,1-5H3. The predicted molar refractivity (Wildman–Crippen MR) is 119 cm³/mol. The van der Waals surface area contributed by atoms with Crippen LogP contribution in [0.25, 0.3) is 11.1 Å². The van der Waals surface area contributed by atoms with E-state index in [1.807, 2.05) is 0 Å². The molecule has 1 heteroatoms. The quantitative estimate of drug-likeness (QED) is 0.593. The van der Waals surface area contributed by atoms with Crippen LogP contribution in [0.3, 0.4) is 0 Å². The van der Waals surface area contributed by atoms with E-state index in [9.17, 15) is 5.11 Å². The molecule has 0 amide bonds. The lowest BCUT2D eigenvalue weighted by Gasteiger charge is -2.28. The summed E-state index contributed by atoms with van der Waals surface area (Å²) in [5.41, 5.74) is 5.67. The molecule has 1 nitrogen and oxygen atoms in total. The van der Waals surface area contributed by atoms with Crippen LogP contribution < -0.4 is 0 Å². The van der Waals surface area contributed by atoms with Crippen molar-refractivity contribution in [2.24, 2.45) is 17.8 Å². The second kappa shape index (κ2) is 6.95. The molecule has 146 valence electrons. The van der Waals surface area contributed by atoms with Crippen molar-refractivity contribution in [3.63, 3.8) is 0 Å². The highest BCUT2D eigenvalue weighted by Gasteiger charge is 2.41. The van der Waals surface area contributed by atoms with Gasteiger partial charge in [0, 0.05) is 11.1 Å². The van der Waals surface area contributed by atoms with E-state index in [0.717, 1.165) is 11.1 Å². The second-order valence-electron chi connectivity index (χ2n) is 9.80. The molecule has 2 aromatic carbocycles. The smallest absolute Gasteiger partial charge is 0.127 e. The van der Waals surface area contributed by atoms with Crippen LogP contribution in [0.5, 0.6) is 5.75 Å². The van der Waals surface area contributed by atoms with Crippen molar-refractivity contribution in [1.82, 2.24) is 0 Å². The molecular formula is C27H32O. The number of phenols is 1. The van der Waals surface area contributed by atoms with E-state index in [0.29, 0.717) is 29.4 Å². The third-order valence-corrected chi connectivity index (χ3v) is 6.64. The van der Waals surface area contributed by atoms with Gasteiger partial charge in [-0.05, 0) is 65.2 Å². The Balaban J connectivity index is 1.88. The van der Waals surface area contributed by atoms with Crippen molar-refractivity contribution in [1.29, 1.82) is 0 Å². The van der Waals surface area contributed by atoms with Crippen LogP contribution in [-0.4, -0.2) is 5.11 Å². The van der Waals surface area contributed by atoms with Crippen molar-refractivity contribution in [3.8, 4) is 16.9 Å². The molecule has 1 N–H and O–H groups in total. The molecule has 0 radical (unpaired) electrons. The minimum absolute atomic E-state index is 0.0948. The Morgan fingerprint density at radius 1 is 0.964 bits per heavy atom. The number of phenolic OH excluding ortho intramolecular Hbond substituents is 1. The molecule has 0 spiro atoms. The lowest BCUT2D eigenvalue weighted by molar-refractivity contribution is 0.447. The van der Waals surface area contributed by atoms with Gasteiger partial charge in [0.05, 0.1) is 0 Å². The van der Waals surface area contributed by atoms with E-state index < -0.39 is 0 Å². The molecule has 4 atom stereocenters. The molecular weight excluding hydrogens is 340 g/mol. The normalized spacial score (nSPS) is 26.5. The Morgan fingerprint density at radius 2 is 1.68 bits per heavy atom. The Morgan fingerprint density at radius 3 is 2.43 bits per heavy atom. The number of rotatable bonds is 2. The molecule has 2 aromatic rings. The van der Waals surface area contributed by atoms with Crippen LogP contribution in [0.2, 0.25) is 0 Å². The Kier molecular flexibility index (Phi) is 4.73. The molecule has 28 heavy (non-hydrogen) atoms. The summed E-state index contributed by atoms with van der Waals surface area (Å²) in [4.78, 5) is 0. The van der Waals surface area contributed by atoms with E-state index in [4.69, 9.17) is 0 Å². The van der Waals surface area contributed by atoms with E-state index >= 15 is 0 Å². The van der Waals surface area contributed by atoms with Crippen LogP contribution in [0.15, 0.2) is 60.7 Å². The molecule has 1 fully saturated rings. The topological polar surface area (TPSA) is 20.2 Å². The number of aryl methyl sites for hydroxylation is 1. The van der Waals surface area contributed by atoms with Crippen molar-refractivity contribution in [2.45, 2.75) is 52.4 Å². The number of hydrogen-bond acceptors (Lipinski definition) is 1. The summed E-state index contributed by atoms with van der Waals surface area (Å²) in [6, 6.07) is 13.0. The summed E-state index contributed by atoms with van der Waals surface area (Å²) >= 11 is 0. The summed E-state index contributed by atoms with van der Waals surface area (Å²) < 4.78 is 0. The molecule has 1 saturated carbocycles. The van der Waals surface area contributed by atoms with Crippen LogP contribution in [0, 0.1) is 24.7 Å². The molecule has 2 aliphatic carbocycles. The number of benzene rings is 2. The fraction of sp³-hybridized carbons (Fsp3) is 0.407. The third-order valence-electron chi connectivity index (χ3n) is 6.64. The third kappa shape index (κ3) is 3.21. The van der Waals surface area contributed by atoms with Crippen molar-refractivity contribution in [2.75, 3.05) is 0 Å². The summed E-state index contributed by atoms with van der Waals surface area (Å²) in [6.07, 6.45) is 10.4. The molecule has 0 bridgehead atoms. The van der Waals surface area contributed by atoms with Gasteiger partial charge in [0.15, 0.2) is 0 Å². The zero-order valence-electron chi connectivity index (χ0n) is 17.7. The highest BCUT2D eigenvalue weighted by Crippen LogP contribution is 2.52. The number of allylic oxidation sites excluding steroid dienone is 4. The molecule has 0 heterocycles. The number of fused-ring (bicyclic) bond motifs is 1. The monoisotopic (exact) mass is 372 g/mol. The minimum Gasteiger partial charge on any atom is -0.507 e. The maximum atomic E-state index is 11.2. The summed E-state index contributed by atoms with van der Waals surface area (Å²) in [5.74, 6) is 2.73. The lowest BCUT2D eigenvalue weighted by atomic mass is 9.76. The van der Waals surface area contributed by atoms with Crippen molar-refractivity contribution in [3.05, 3.63) is 77.4 Å². The zero-order valence-corrected chi connectivity index (χ0v) is 17.7. The van der Waals surface area contributed by atoms with E-state index in [2.05, 4.69) is 95.3 Å². The summed E-state index contributed by atoms with van der Waals surface area (Å²) in [6.45, 7) is 11.0. The molecule has 4 unspecified atom stereocenters. The van der Waals surface area contributed by atoms with Gasteiger partial charge in [-0.3, -0.25) is 0 Å². The highest BCUT2D eigenvalue weighted by atomic mass is 16.3. The molecule has 0 aromatic heterocycles. The van der Waals surface area contributed by atoms with E-state index in [1.165, 1.54) is 23.1 Å². The van der Waals surface area contributed by atoms with Gasteiger partial charge < -0.3 is 5.11 Å². The van der Waals surface area contributed by atoms with Crippen molar-refractivity contribution < 1.29 is 5.11 Å². The van der Waals surface area contributed by atoms with Gasteiger partial charge in [0.1, 0.15) is 5.75 Å². The zero-order chi connectivity index (χ0) is 20.1. The van der Waals surface area contributed by atoms with Crippen LogP contribution in [-0.2, 0) is 5.41 Å². The van der Waals surface area contributed by atoms with Crippen LogP contribution in [0.4, 0.5) is 0 Å². The van der Waals surface area contributed by atoms with Gasteiger partial charge >= 0.3 is 0 Å². The molecule has 4 rings (SSSR count). The maximum absolute atomic E-state index is 11.2. The van der Waals surface area contributed by atoms with Gasteiger partial charge in [0.2, 0.25) is 0 Å². The number of aromatic hydroxyl groups is 1. The fourth-order valence-corrected chi connectivity index (χ4v) is 5.35. The minimum atomic E-state index is -0.0948. The Hall–Kier alpha value is -2.28. The fourth-order valence-electron chi connectivity index (χ4n) is 5.35. The average Bonchev–Trinajstić information content (AvgIpc) is 2.98. The molecule has 2 aliphatic rings. The SMILES string of the molecule is Cc1cc(-c2ccccc2C2C(C)CC3C=CC=CC32)c(O)c(C(C)(C)C)c1. The Labute approximate surface area is 169 Å². The van der Waals surface area contributed by atoms with Gasteiger partial charge in [-0.15, -0.1) is 0 Å². The van der Waals surface area contributed by atoms with Gasteiger partial charge in [-0.25, -0.2) is 0 Å². The maximum Gasteiger partial charge on any atom is 0.127 e. The second-order valence-corrected chi connectivity index (χ2v) is 9.80. The molecule has 0 aliphatic heterocycles. The van der Waals surface area contributed by atoms with Crippen molar-refractivity contribution >= 4 is 0 Å². The molecule has 0 saturated heterocycles. The lowest BCUT2D eigenvalue weighted by Crippen LogP contribution is -2.15. The van der Waals surface area contributed by atoms with Crippen LogP contribution >= 0.6 is 0 Å². The summed E-state index contributed by atoms with van der Waals surface area (Å²) in [7, 11) is 0. The van der Waals surface area contributed by atoms with Gasteiger partial charge in [-0.1, -0.05) is 82.3 Å². The summed E-state index contributed by atoms with van der Waals surface area (Å²) in [5, 5.41) is 11.2. The first-order chi connectivity index (χ1) is 13.3. The first kappa shape index (κ1) is 19.1. The van der Waals surface area contributed by atoms with E-state index in [-0.39, 0.29) is 5.41 Å². The van der Waals surface area contributed by atoms with E-state index in [1.54, 1.807) is 0 Å². The predicted octanol–water partition coefficient (Wildman–Crippen LogP) is 7.15.